The molecule has 1 aliphatic heterocycles. The number of aryl methyl sites for hydroxylation is 2. The largest absolute Gasteiger partial charge is 0.493 e. The first-order valence-electron chi connectivity index (χ1n) is 16.6. The van der Waals surface area contributed by atoms with E-state index in [0.717, 1.165) is 33.8 Å². The van der Waals surface area contributed by atoms with Crippen LogP contribution in [0.5, 0.6) is 11.5 Å². The molecule has 7 rings (SSSR count). The number of methoxy groups -OCH3 is 2. The highest BCUT2D eigenvalue weighted by Gasteiger charge is 2.33. The fourth-order valence-electron chi connectivity index (χ4n) is 6.76. The van der Waals surface area contributed by atoms with Crippen LogP contribution in [0.15, 0.2) is 124 Å². The Kier molecular flexibility index (Phi) is 9.06. The zero-order valence-corrected chi connectivity index (χ0v) is 30.2. The van der Waals surface area contributed by atoms with E-state index in [2.05, 4.69) is 66.2 Å². The van der Waals surface area contributed by atoms with Crippen LogP contribution in [0.3, 0.4) is 0 Å². The molecule has 0 unspecified atom stereocenters. The average Bonchev–Trinajstić information content (AvgIpc) is 3.60. The normalized spacial score (nSPS) is 14.2. The van der Waals surface area contributed by atoms with Gasteiger partial charge in [0.2, 0.25) is 0 Å². The maximum Gasteiger partial charge on any atom is 0.271 e. The number of aromatic nitrogens is 2. The molecule has 2 aromatic heterocycles. The zero-order valence-electron chi connectivity index (χ0n) is 29.4. The average molecular weight is 695 g/mol. The molecule has 1 amide bonds. The van der Waals surface area contributed by atoms with E-state index in [-0.39, 0.29) is 11.5 Å². The second-order valence-corrected chi connectivity index (χ2v) is 13.5. The summed E-state index contributed by atoms with van der Waals surface area (Å²) in [6.45, 7) is 7.88. The highest BCUT2D eigenvalue weighted by molar-refractivity contribution is 7.07. The van der Waals surface area contributed by atoms with Crippen LogP contribution in [0.4, 0.5) is 5.69 Å². The molecule has 0 saturated carbocycles. The van der Waals surface area contributed by atoms with Gasteiger partial charge in [-0.05, 0) is 98.0 Å². The Balaban J connectivity index is 1.33. The molecule has 1 aliphatic rings. The number of nitrogens with one attached hydrogen (secondary N) is 1. The number of fused-ring (bicyclic) bond motifs is 1. The van der Waals surface area contributed by atoms with Crippen molar-refractivity contribution in [1.29, 1.82) is 0 Å². The summed E-state index contributed by atoms with van der Waals surface area (Å²) >= 11 is 1.31. The number of anilines is 1. The van der Waals surface area contributed by atoms with Gasteiger partial charge in [0.15, 0.2) is 16.3 Å². The second kappa shape index (κ2) is 13.8. The highest BCUT2D eigenvalue weighted by Crippen LogP contribution is 2.36. The van der Waals surface area contributed by atoms with Crippen molar-refractivity contribution >= 4 is 29.0 Å². The van der Waals surface area contributed by atoms with Gasteiger partial charge in [0.1, 0.15) is 0 Å². The van der Waals surface area contributed by atoms with Crippen LogP contribution in [0.25, 0.3) is 22.9 Å². The number of thiazole rings is 1. The first-order chi connectivity index (χ1) is 24.7. The Bertz CT molecular complexity index is 2510. The maximum atomic E-state index is 14.5. The Morgan fingerprint density at radius 1 is 0.824 bits per heavy atom. The van der Waals surface area contributed by atoms with E-state index in [0.29, 0.717) is 43.4 Å². The molecule has 0 spiro atoms. The van der Waals surface area contributed by atoms with Gasteiger partial charge in [0.25, 0.3) is 11.5 Å². The van der Waals surface area contributed by atoms with E-state index in [9.17, 15) is 9.59 Å². The number of allylic oxidation sites excluding steroid dienone is 1. The summed E-state index contributed by atoms with van der Waals surface area (Å²) in [6, 6.07) is 33.2. The number of nitrogens with zero attached hydrogens (tertiary/aromatic N) is 3. The molecule has 0 radical (unpaired) electrons. The van der Waals surface area contributed by atoms with Crippen molar-refractivity contribution in [3.8, 4) is 28.3 Å². The lowest BCUT2D eigenvalue weighted by atomic mass is 9.94. The van der Waals surface area contributed by atoms with Crippen molar-refractivity contribution in [2.24, 2.45) is 4.99 Å². The van der Waals surface area contributed by atoms with Crippen molar-refractivity contribution in [3.63, 3.8) is 0 Å². The molecule has 9 heteroatoms. The number of rotatable bonds is 8. The molecule has 6 aromatic rings. The van der Waals surface area contributed by atoms with E-state index in [1.54, 1.807) is 24.9 Å². The summed E-state index contributed by atoms with van der Waals surface area (Å²) in [4.78, 5) is 33.9. The zero-order chi connectivity index (χ0) is 35.8. The van der Waals surface area contributed by atoms with Gasteiger partial charge in [0, 0.05) is 22.8 Å². The summed E-state index contributed by atoms with van der Waals surface area (Å²) < 4.78 is 15.5. The minimum atomic E-state index is -0.761. The lowest BCUT2D eigenvalue weighted by Crippen LogP contribution is -2.40. The molecule has 1 N–H and O–H groups in total. The lowest BCUT2D eigenvalue weighted by molar-refractivity contribution is -0.113. The monoisotopic (exact) mass is 694 g/mol. The molecule has 51 heavy (non-hydrogen) atoms. The highest BCUT2D eigenvalue weighted by atomic mass is 32.1. The predicted molar refractivity (Wildman–Crippen MR) is 204 cm³/mol. The van der Waals surface area contributed by atoms with Crippen molar-refractivity contribution < 1.29 is 14.3 Å². The number of carbonyl (C=O) groups excluding carboxylic acids is 1. The van der Waals surface area contributed by atoms with Crippen LogP contribution in [0.2, 0.25) is 0 Å². The molecule has 0 aliphatic carbocycles. The fraction of sp³-hybridized carbons (Fsp3) is 0.167. The SMILES string of the molecule is COc1ccc([C@@H]2C(C(=O)Nc3ccccc3C)=C(C)N=c3s/c(=C\c4cc(C)n(-c5ccc(-c6ccccc6)cc5)c4C)c(=O)n32)cc1OC. The van der Waals surface area contributed by atoms with Gasteiger partial charge in [-0.1, -0.05) is 78.1 Å². The first-order valence-corrected chi connectivity index (χ1v) is 17.5. The van der Waals surface area contributed by atoms with E-state index in [1.807, 2.05) is 74.5 Å². The van der Waals surface area contributed by atoms with Crippen molar-refractivity contribution in [2.75, 3.05) is 19.5 Å². The minimum Gasteiger partial charge on any atom is -0.493 e. The summed E-state index contributed by atoms with van der Waals surface area (Å²) in [6.07, 6.45) is 1.93. The van der Waals surface area contributed by atoms with E-state index in [4.69, 9.17) is 14.5 Å². The number of carbonyl (C=O) groups is 1. The molecule has 0 fully saturated rings. The third kappa shape index (κ3) is 6.21. The van der Waals surface area contributed by atoms with Gasteiger partial charge in [-0.3, -0.25) is 14.2 Å². The number of ether oxygens (including phenoxy) is 2. The number of amides is 1. The molecule has 8 nitrogen and oxygen atoms in total. The van der Waals surface area contributed by atoms with Gasteiger partial charge in [-0.15, -0.1) is 0 Å². The van der Waals surface area contributed by atoms with Gasteiger partial charge in [0.05, 0.1) is 36.1 Å². The summed E-state index contributed by atoms with van der Waals surface area (Å²) in [5.41, 5.74) is 9.34. The Labute approximate surface area is 300 Å². The van der Waals surface area contributed by atoms with E-state index in [1.165, 1.54) is 16.9 Å². The molecule has 4 aromatic carbocycles. The van der Waals surface area contributed by atoms with Crippen LogP contribution in [0, 0.1) is 20.8 Å². The second-order valence-electron chi connectivity index (χ2n) is 12.5. The quantitative estimate of drug-likeness (QED) is 0.182. The maximum absolute atomic E-state index is 14.5. The number of para-hydroxylation sites is 1. The standard InChI is InChI=1S/C42H38N4O4S/c1-25-12-10-11-15-34(25)44-40(47)38-27(3)43-42-46(39(38)31-18-21-35(49-5)36(23-31)50-6)41(48)37(51-42)24-32-22-26(2)45(28(32)4)33-19-16-30(17-20-33)29-13-8-7-9-14-29/h7-24,39H,1-6H3,(H,44,47)/b37-24-/t39-/m1/s1. The molecular weight excluding hydrogens is 657 g/mol. The van der Waals surface area contributed by atoms with Gasteiger partial charge < -0.3 is 19.4 Å². The smallest absolute Gasteiger partial charge is 0.271 e. The third-order valence-corrected chi connectivity index (χ3v) is 10.4. The molecule has 3 heterocycles. The van der Waals surface area contributed by atoms with Crippen LogP contribution >= 0.6 is 11.3 Å². The van der Waals surface area contributed by atoms with Crippen molar-refractivity contribution in [1.82, 2.24) is 9.13 Å². The molecule has 256 valence electrons. The molecular formula is C42H38N4O4S. The molecule has 0 bridgehead atoms. The van der Waals surface area contributed by atoms with E-state index >= 15 is 0 Å². The third-order valence-electron chi connectivity index (χ3n) is 9.37. The van der Waals surface area contributed by atoms with E-state index < -0.39 is 6.04 Å². The van der Waals surface area contributed by atoms with Crippen LogP contribution in [-0.4, -0.2) is 29.3 Å². The molecule has 0 saturated heterocycles. The predicted octanol–water partition coefficient (Wildman–Crippen LogP) is 7.27. The summed E-state index contributed by atoms with van der Waals surface area (Å²) in [5.74, 6) is 0.710. The summed E-state index contributed by atoms with van der Waals surface area (Å²) in [7, 11) is 3.14. The Morgan fingerprint density at radius 3 is 2.22 bits per heavy atom. The van der Waals surface area contributed by atoms with Crippen LogP contribution in [0.1, 0.15) is 41.0 Å². The van der Waals surface area contributed by atoms with Gasteiger partial charge in [-0.2, -0.15) is 0 Å². The Morgan fingerprint density at radius 2 is 1.51 bits per heavy atom. The fourth-order valence-corrected chi connectivity index (χ4v) is 7.80. The summed E-state index contributed by atoms with van der Waals surface area (Å²) in [5, 5.41) is 3.07. The first kappa shape index (κ1) is 33.6. The lowest BCUT2D eigenvalue weighted by Gasteiger charge is -2.26. The van der Waals surface area contributed by atoms with Crippen molar-refractivity contribution in [2.45, 2.75) is 33.7 Å². The Hall–Kier alpha value is -5.93. The van der Waals surface area contributed by atoms with Crippen LogP contribution in [-0.2, 0) is 4.79 Å². The topological polar surface area (TPSA) is 86.9 Å². The van der Waals surface area contributed by atoms with Gasteiger partial charge in [-0.25, -0.2) is 4.99 Å². The molecule has 1 atom stereocenters. The van der Waals surface area contributed by atoms with Crippen molar-refractivity contribution in [3.05, 3.63) is 162 Å². The van der Waals surface area contributed by atoms with Crippen LogP contribution < -0.4 is 29.7 Å². The number of hydrogen-bond acceptors (Lipinski definition) is 6. The van der Waals surface area contributed by atoms with Gasteiger partial charge >= 0.3 is 0 Å². The number of hydrogen-bond donors (Lipinski definition) is 1. The minimum absolute atomic E-state index is 0.232. The number of benzene rings is 4.